The molecule has 0 aliphatic rings. The number of amides is 7. The van der Waals surface area contributed by atoms with Crippen LogP contribution in [-0.2, 0) is 30.5 Å². The summed E-state index contributed by atoms with van der Waals surface area (Å²) in [7, 11) is 0. The van der Waals surface area contributed by atoms with Gasteiger partial charge < -0.3 is 37.5 Å². The predicted molar refractivity (Wildman–Crippen MR) is 160 cm³/mol. The topological polar surface area (TPSA) is 236 Å². The third-order valence-electron chi connectivity index (χ3n) is 6.19. The molecular weight excluding hydrogens is 560 g/mol. The zero-order valence-corrected chi connectivity index (χ0v) is 25.1. The minimum absolute atomic E-state index is 0.0804. The van der Waals surface area contributed by atoms with E-state index in [1.165, 1.54) is 0 Å². The molecule has 0 saturated heterocycles. The Labute approximate surface area is 251 Å². The Hall–Kier alpha value is -4.40. The second-order valence-corrected chi connectivity index (χ2v) is 10.2. The van der Waals surface area contributed by atoms with Gasteiger partial charge in [0.1, 0.15) is 18.7 Å². The normalized spacial score (nSPS) is 11.9. The molecule has 0 heterocycles. The van der Waals surface area contributed by atoms with E-state index in [2.05, 4.69) is 32.1 Å². The molecule has 0 spiro atoms. The average molecular weight is 607 g/mol. The lowest BCUT2D eigenvalue weighted by Crippen LogP contribution is -2.54. The molecule has 0 saturated carbocycles. The number of carbonyl (C=O) groups is 6. The Morgan fingerprint density at radius 1 is 0.860 bits per heavy atom. The Morgan fingerprint density at radius 3 is 2.16 bits per heavy atom. The molecule has 0 fully saturated rings. The van der Waals surface area contributed by atoms with Crippen molar-refractivity contribution in [3.63, 3.8) is 0 Å². The Morgan fingerprint density at radius 2 is 1.56 bits per heavy atom. The molecule has 0 aromatic heterocycles. The number of nitrogens with one attached hydrogen (secondary N) is 6. The largest absolute Gasteiger partial charge is 0.443 e. The predicted octanol–water partition coefficient (Wildman–Crippen LogP) is 0.886. The van der Waals surface area contributed by atoms with E-state index in [-0.39, 0.29) is 50.1 Å². The van der Waals surface area contributed by atoms with Crippen molar-refractivity contribution < 1.29 is 33.5 Å². The number of ether oxygens (including phenoxy) is 1. The number of rotatable bonds is 18. The second-order valence-electron chi connectivity index (χ2n) is 10.2. The summed E-state index contributed by atoms with van der Waals surface area (Å²) in [6.07, 6.45) is 2.45. The van der Waals surface area contributed by atoms with E-state index < -0.39 is 36.0 Å². The molecule has 43 heavy (non-hydrogen) atoms. The van der Waals surface area contributed by atoms with Gasteiger partial charge in [0.2, 0.25) is 23.6 Å². The van der Waals surface area contributed by atoms with Gasteiger partial charge in [-0.3, -0.25) is 24.6 Å². The van der Waals surface area contributed by atoms with Crippen LogP contribution in [0.5, 0.6) is 0 Å². The summed E-state index contributed by atoms with van der Waals surface area (Å²) >= 11 is 0. The molecule has 1 aromatic carbocycles. The molecule has 10 N–H and O–H groups in total. The zero-order valence-electron chi connectivity index (χ0n) is 25.1. The number of anilines is 1. The molecule has 0 aliphatic heterocycles. The Bertz CT molecular complexity index is 1070. The van der Waals surface area contributed by atoms with Crippen LogP contribution in [-0.4, -0.2) is 60.9 Å². The fourth-order valence-corrected chi connectivity index (χ4v) is 3.74. The maximum Gasteiger partial charge on any atom is 0.426 e. The molecular formula is C28H46N8O7. The van der Waals surface area contributed by atoms with Crippen LogP contribution in [0.15, 0.2) is 24.3 Å². The summed E-state index contributed by atoms with van der Waals surface area (Å²) in [5, 5.41) is 10.7. The van der Waals surface area contributed by atoms with Gasteiger partial charge in [0, 0.05) is 25.1 Å². The quantitative estimate of drug-likeness (QED) is 0.0880. The molecule has 240 valence electrons. The lowest BCUT2D eigenvalue weighted by atomic mass is 10.0. The maximum atomic E-state index is 13.2. The molecule has 2 atom stereocenters. The third kappa shape index (κ3) is 16.0. The first-order valence-corrected chi connectivity index (χ1v) is 14.4. The lowest BCUT2D eigenvalue weighted by molar-refractivity contribution is -0.132. The van der Waals surface area contributed by atoms with E-state index in [1.54, 1.807) is 45.0 Å². The summed E-state index contributed by atoms with van der Waals surface area (Å²) in [6.45, 7) is 5.89. The third-order valence-corrected chi connectivity index (χ3v) is 6.19. The van der Waals surface area contributed by atoms with Crippen molar-refractivity contribution in [1.82, 2.24) is 26.8 Å². The number of hydrazine groups is 1. The number of hydrogen-bond donors (Lipinski definition) is 8. The SMILES string of the molecule is CCC(=O)NNC(=O)OCc1ccc(NC(=O)[C@H](CCCNC(N)=O)NC(=O)[C@@H](NC(=O)CCCCCN)C(C)C)cc1. The van der Waals surface area contributed by atoms with Gasteiger partial charge >= 0.3 is 12.1 Å². The van der Waals surface area contributed by atoms with E-state index in [0.717, 1.165) is 12.8 Å². The van der Waals surface area contributed by atoms with Gasteiger partial charge in [-0.15, -0.1) is 0 Å². The van der Waals surface area contributed by atoms with Gasteiger partial charge in [-0.1, -0.05) is 39.3 Å². The van der Waals surface area contributed by atoms with Crippen molar-refractivity contribution in [2.75, 3.05) is 18.4 Å². The Kier molecular flexibility index (Phi) is 17.4. The van der Waals surface area contributed by atoms with E-state index in [0.29, 0.717) is 30.6 Å². The molecule has 0 radical (unpaired) electrons. The van der Waals surface area contributed by atoms with Crippen LogP contribution in [0, 0.1) is 5.92 Å². The lowest BCUT2D eigenvalue weighted by Gasteiger charge is -2.25. The van der Waals surface area contributed by atoms with Crippen molar-refractivity contribution in [2.45, 2.75) is 84.4 Å². The summed E-state index contributed by atoms with van der Waals surface area (Å²) < 4.78 is 5.03. The van der Waals surface area contributed by atoms with E-state index in [9.17, 15) is 28.8 Å². The average Bonchev–Trinajstić information content (AvgIpc) is 2.97. The number of hydrogen-bond acceptors (Lipinski definition) is 8. The van der Waals surface area contributed by atoms with E-state index >= 15 is 0 Å². The number of carbonyl (C=O) groups excluding carboxylic acids is 6. The minimum Gasteiger partial charge on any atom is -0.443 e. The van der Waals surface area contributed by atoms with Crippen LogP contribution in [0.2, 0.25) is 0 Å². The van der Waals surface area contributed by atoms with Crippen molar-refractivity contribution in [3.8, 4) is 0 Å². The number of nitrogens with two attached hydrogens (primary N) is 2. The fraction of sp³-hybridized carbons (Fsp3) is 0.571. The van der Waals surface area contributed by atoms with Crippen LogP contribution in [0.3, 0.4) is 0 Å². The van der Waals surface area contributed by atoms with Crippen LogP contribution in [0.4, 0.5) is 15.3 Å². The summed E-state index contributed by atoms with van der Waals surface area (Å²) in [5.41, 5.74) is 16.0. The van der Waals surface area contributed by atoms with Crippen molar-refractivity contribution in [3.05, 3.63) is 29.8 Å². The smallest absolute Gasteiger partial charge is 0.426 e. The van der Waals surface area contributed by atoms with Gasteiger partial charge in [-0.05, 0) is 55.8 Å². The molecule has 0 unspecified atom stereocenters. The number of unbranched alkanes of at least 4 members (excludes halogenated alkanes) is 2. The highest BCUT2D eigenvalue weighted by molar-refractivity contribution is 5.98. The van der Waals surface area contributed by atoms with Crippen LogP contribution < -0.4 is 43.6 Å². The molecule has 1 aromatic rings. The van der Waals surface area contributed by atoms with Crippen LogP contribution in [0.1, 0.15) is 71.3 Å². The molecule has 15 nitrogen and oxygen atoms in total. The van der Waals surface area contributed by atoms with Crippen molar-refractivity contribution in [2.24, 2.45) is 17.4 Å². The standard InChI is InChI=1S/C28H46N8O7/c1-4-22(37)35-36-28(42)43-17-19-11-13-20(14-12-19)32-25(39)21(9-8-16-31-27(30)41)33-26(40)24(18(2)3)34-23(38)10-6-5-7-15-29/h11-14,18,21,24H,4-10,15-17,29H2,1-3H3,(H,32,39)(H,33,40)(H,34,38)(H,35,37)(H,36,42)(H3,30,31,41)/t21-,24-/m0/s1. The van der Waals surface area contributed by atoms with Gasteiger partial charge in [-0.2, -0.15) is 0 Å². The molecule has 0 aliphatic carbocycles. The highest BCUT2D eigenvalue weighted by Crippen LogP contribution is 2.13. The summed E-state index contributed by atoms with van der Waals surface area (Å²) in [4.78, 5) is 72.7. The molecule has 15 heteroatoms. The molecule has 0 bridgehead atoms. The van der Waals surface area contributed by atoms with E-state index in [1.807, 2.05) is 0 Å². The first kappa shape index (κ1) is 36.6. The minimum atomic E-state index is -0.977. The number of benzene rings is 1. The zero-order chi connectivity index (χ0) is 32.2. The summed E-state index contributed by atoms with van der Waals surface area (Å²) in [5.74, 6) is -1.88. The molecule has 7 amide bonds. The van der Waals surface area contributed by atoms with Crippen molar-refractivity contribution in [1.29, 1.82) is 0 Å². The van der Waals surface area contributed by atoms with Gasteiger partial charge in [0.25, 0.3) is 0 Å². The second kappa shape index (κ2) is 20.5. The first-order valence-electron chi connectivity index (χ1n) is 14.4. The fourth-order valence-electron chi connectivity index (χ4n) is 3.74. The first-order chi connectivity index (χ1) is 20.5. The van der Waals surface area contributed by atoms with Crippen LogP contribution in [0.25, 0.3) is 0 Å². The monoisotopic (exact) mass is 606 g/mol. The van der Waals surface area contributed by atoms with E-state index in [4.69, 9.17) is 16.2 Å². The van der Waals surface area contributed by atoms with Crippen LogP contribution >= 0.6 is 0 Å². The maximum absolute atomic E-state index is 13.2. The van der Waals surface area contributed by atoms with Gasteiger partial charge in [0.05, 0.1) is 0 Å². The molecule has 1 rings (SSSR count). The van der Waals surface area contributed by atoms with Gasteiger partial charge in [0.15, 0.2) is 0 Å². The van der Waals surface area contributed by atoms with Crippen molar-refractivity contribution >= 4 is 41.4 Å². The number of urea groups is 1. The highest BCUT2D eigenvalue weighted by Gasteiger charge is 2.28. The highest BCUT2D eigenvalue weighted by atomic mass is 16.6. The summed E-state index contributed by atoms with van der Waals surface area (Å²) in [6, 6.07) is 3.94. The number of primary amides is 1. The Balaban J connectivity index is 2.82. The van der Waals surface area contributed by atoms with Gasteiger partial charge in [-0.25, -0.2) is 15.0 Å².